The molecule has 0 spiro atoms. The summed E-state index contributed by atoms with van der Waals surface area (Å²) < 4.78 is 29.1. The van der Waals surface area contributed by atoms with Crippen molar-refractivity contribution >= 4 is 16.0 Å². The molecule has 0 bridgehead atoms. The molecular formula is C10H24N4O3S. The molecule has 0 aliphatic rings. The summed E-state index contributed by atoms with van der Waals surface area (Å²) in [5, 5.41) is 2.91. The Morgan fingerprint density at radius 1 is 1.33 bits per heavy atom. The Kier molecular flexibility index (Phi) is 9.62. The highest BCUT2D eigenvalue weighted by Gasteiger charge is 1.98. The van der Waals surface area contributed by atoms with E-state index >= 15 is 0 Å². The monoisotopic (exact) mass is 280 g/mol. The maximum absolute atomic E-state index is 10.8. The number of guanidine groups is 1. The topological polar surface area (TPSA) is 106 Å². The summed E-state index contributed by atoms with van der Waals surface area (Å²) in [6, 6.07) is 0. The Balaban J connectivity index is 3.46. The summed E-state index contributed by atoms with van der Waals surface area (Å²) in [5.41, 5.74) is 5.62. The van der Waals surface area contributed by atoms with Crippen molar-refractivity contribution in [3.63, 3.8) is 0 Å². The fraction of sp³-hybridized carbons (Fsp3) is 0.900. The van der Waals surface area contributed by atoms with Gasteiger partial charge in [0.15, 0.2) is 5.96 Å². The van der Waals surface area contributed by atoms with Crippen LogP contribution in [0.2, 0.25) is 0 Å². The number of aliphatic imine (C=N–C) groups is 1. The molecule has 0 amide bonds. The standard InChI is InChI=1S/C10H24N4O3S/c1-3-17-9-5-7-13-10(11)12-6-4-8-14-18(2,15)16/h14H,3-9H2,1-2H3,(H3,11,12,13). The highest BCUT2D eigenvalue weighted by Crippen LogP contribution is 1.84. The summed E-state index contributed by atoms with van der Waals surface area (Å²) in [7, 11) is -3.10. The molecule has 0 rings (SSSR count). The number of rotatable bonds is 10. The lowest BCUT2D eigenvalue weighted by atomic mass is 10.4. The van der Waals surface area contributed by atoms with Crippen molar-refractivity contribution in [3.8, 4) is 0 Å². The van der Waals surface area contributed by atoms with Gasteiger partial charge in [-0.1, -0.05) is 0 Å². The SMILES string of the molecule is CCOCCCN=C(N)NCCCNS(C)(=O)=O. The summed E-state index contributed by atoms with van der Waals surface area (Å²) in [5.74, 6) is 0.380. The summed E-state index contributed by atoms with van der Waals surface area (Å²) >= 11 is 0. The minimum atomic E-state index is -3.10. The van der Waals surface area contributed by atoms with E-state index in [2.05, 4.69) is 15.0 Å². The van der Waals surface area contributed by atoms with Crippen LogP contribution in [-0.4, -0.2) is 53.5 Å². The summed E-state index contributed by atoms with van der Waals surface area (Å²) in [6.07, 6.45) is 2.63. The minimum absolute atomic E-state index is 0.380. The molecule has 0 atom stereocenters. The number of nitrogens with one attached hydrogen (secondary N) is 2. The van der Waals surface area contributed by atoms with E-state index in [9.17, 15) is 8.42 Å². The minimum Gasteiger partial charge on any atom is -0.382 e. The molecule has 0 saturated carbocycles. The first-order valence-electron chi connectivity index (χ1n) is 6.02. The first kappa shape index (κ1) is 17.1. The van der Waals surface area contributed by atoms with E-state index in [1.54, 1.807) is 0 Å². The van der Waals surface area contributed by atoms with Gasteiger partial charge in [-0.15, -0.1) is 0 Å². The van der Waals surface area contributed by atoms with E-state index in [0.29, 0.717) is 45.2 Å². The highest BCUT2D eigenvalue weighted by atomic mass is 32.2. The average Bonchev–Trinajstić information content (AvgIpc) is 2.27. The van der Waals surface area contributed by atoms with Crippen molar-refractivity contribution in [3.05, 3.63) is 0 Å². The third-order valence-corrected chi connectivity index (χ3v) is 2.69. The molecule has 0 aliphatic carbocycles. The Morgan fingerprint density at radius 3 is 2.67 bits per heavy atom. The van der Waals surface area contributed by atoms with E-state index in [0.717, 1.165) is 12.7 Å². The van der Waals surface area contributed by atoms with Crippen LogP contribution in [0.1, 0.15) is 19.8 Å². The van der Waals surface area contributed by atoms with Crippen LogP contribution in [0, 0.1) is 0 Å². The zero-order valence-corrected chi connectivity index (χ0v) is 11.9. The summed E-state index contributed by atoms with van der Waals surface area (Å²) in [4.78, 5) is 4.11. The number of hydrogen-bond donors (Lipinski definition) is 3. The van der Waals surface area contributed by atoms with Gasteiger partial charge < -0.3 is 15.8 Å². The van der Waals surface area contributed by atoms with Gasteiger partial charge in [0, 0.05) is 32.8 Å². The number of nitrogens with two attached hydrogens (primary N) is 1. The molecule has 108 valence electrons. The second kappa shape index (κ2) is 10.1. The summed E-state index contributed by atoms with van der Waals surface area (Å²) in [6.45, 7) is 4.95. The molecule has 0 heterocycles. The van der Waals surface area contributed by atoms with Crippen molar-refractivity contribution in [2.45, 2.75) is 19.8 Å². The van der Waals surface area contributed by atoms with Crippen molar-refractivity contribution in [2.75, 3.05) is 39.1 Å². The Labute approximate surface area is 109 Å². The van der Waals surface area contributed by atoms with Crippen LogP contribution in [0.15, 0.2) is 4.99 Å². The van der Waals surface area contributed by atoms with Crippen molar-refractivity contribution < 1.29 is 13.2 Å². The molecule has 0 aromatic heterocycles. The molecule has 8 heteroatoms. The van der Waals surface area contributed by atoms with Crippen LogP contribution in [0.25, 0.3) is 0 Å². The van der Waals surface area contributed by atoms with E-state index in [1.165, 1.54) is 0 Å². The van der Waals surface area contributed by atoms with E-state index in [4.69, 9.17) is 10.5 Å². The number of sulfonamides is 1. The van der Waals surface area contributed by atoms with Crippen LogP contribution in [0.3, 0.4) is 0 Å². The third kappa shape index (κ3) is 13.2. The number of nitrogens with zero attached hydrogens (tertiary/aromatic N) is 1. The lowest BCUT2D eigenvalue weighted by Crippen LogP contribution is -2.34. The second-order valence-electron chi connectivity index (χ2n) is 3.76. The van der Waals surface area contributed by atoms with E-state index in [-0.39, 0.29) is 0 Å². The van der Waals surface area contributed by atoms with Crippen molar-refractivity contribution in [1.82, 2.24) is 10.0 Å². The third-order valence-electron chi connectivity index (χ3n) is 1.96. The first-order chi connectivity index (χ1) is 8.45. The Morgan fingerprint density at radius 2 is 2.06 bits per heavy atom. The maximum Gasteiger partial charge on any atom is 0.208 e. The Hall–Kier alpha value is -0.860. The van der Waals surface area contributed by atoms with Gasteiger partial charge in [0.05, 0.1) is 6.26 Å². The molecule has 0 saturated heterocycles. The van der Waals surface area contributed by atoms with E-state index in [1.807, 2.05) is 6.92 Å². The van der Waals surface area contributed by atoms with E-state index < -0.39 is 10.0 Å². The lowest BCUT2D eigenvalue weighted by molar-refractivity contribution is 0.146. The van der Waals surface area contributed by atoms with Gasteiger partial charge in [0.25, 0.3) is 0 Å². The molecule has 7 nitrogen and oxygen atoms in total. The van der Waals surface area contributed by atoms with Crippen LogP contribution >= 0.6 is 0 Å². The van der Waals surface area contributed by atoms with Gasteiger partial charge in [0.2, 0.25) is 10.0 Å². The fourth-order valence-corrected chi connectivity index (χ4v) is 1.64. The average molecular weight is 280 g/mol. The Bertz CT molecular complexity index is 330. The predicted octanol–water partition coefficient (Wildman–Crippen LogP) is -0.743. The number of hydrogen-bond acceptors (Lipinski definition) is 4. The quantitative estimate of drug-likeness (QED) is 0.277. The van der Waals surface area contributed by atoms with Crippen LogP contribution < -0.4 is 15.8 Å². The molecule has 0 unspecified atom stereocenters. The molecule has 0 aromatic rings. The molecule has 0 aliphatic heterocycles. The van der Waals surface area contributed by atoms with Crippen LogP contribution in [-0.2, 0) is 14.8 Å². The zero-order chi connectivity index (χ0) is 13.9. The molecule has 0 radical (unpaired) electrons. The molecular weight excluding hydrogens is 256 g/mol. The molecule has 4 N–H and O–H groups in total. The normalized spacial score (nSPS) is 12.7. The van der Waals surface area contributed by atoms with Crippen molar-refractivity contribution in [1.29, 1.82) is 0 Å². The lowest BCUT2D eigenvalue weighted by Gasteiger charge is -2.06. The van der Waals surface area contributed by atoms with Gasteiger partial charge in [-0.3, -0.25) is 4.99 Å². The van der Waals surface area contributed by atoms with Crippen LogP contribution in [0.5, 0.6) is 0 Å². The van der Waals surface area contributed by atoms with Gasteiger partial charge in [0.1, 0.15) is 0 Å². The number of ether oxygens (including phenoxy) is 1. The van der Waals surface area contributed by atoms with Gasteiger partial charge in [-0.05, 0) is 19.8 Å². The van der Waals surface area contributed by atoms with Gasteiger partial charge >= 0.3 is 0 Å². The van der Waals surface area contributed by atoms with Crippen molar-refractivity contribution in [2.24, 2.45) is 10.7 Å². The van der Waals surface area contributed by atoms with Crippen LogP contribution in [0.4, 0.5) is 0 Å². The molecule has 0 fully saturated rings. The highest BCUT2D eigenvalue weighted by molar-refractivity contribution is 7.88. The first-order valence-corrected chi connectivity index (χ1v) is 7.91. The fourth-order valence-electron chi connectivity index (χ4n) is 1.13. The zero-order valence-electron chi connectivity index (χ0n) is 11.1. The van der Waals surface area contributed by atoms with Gasteiger partial charge in [-0.25, -0.2) is 13.1 Å². The largest absolute Gasteiger partial charge is 0.382 e. The predicted molar refractivity (Wildman–Crippen MR) is 73.1 cm³/mol. The maximum atomic E-state index is 10.8. The van der Waals surface area contributed by atoms with Gasteiger partial charge in [-0.2, -0.15) is 0 Å². The molecule has 0 aromatic carbocycles. The molecule has 18 heavy (non-hydrogen) atoms. The second-order valence-corrected chi connectivity index (χ2v) is 5.60. The smallest absolute Gasteiger partial charge is 0.208 e.